The Morgan fingerprint density at radius 1 is 1.33 bits per heavy atom. The van der Waals surface area contributed by atoms with Crippen molar-refractivity contribution in [2.45, 2.75) is 24.8 Å². The summed E-state index contributed by atoms with van der Waals surface area (Å²) < 4.78 is 1.36. The zero-order valence-corrected chi connectivity index (χ0v) is 8.78. The molecule has 7 radical (unpaired) electrons. The maximum absolute atomic E-state index is 7.00. The fourth-order valence-corrected chi connectivity index (χ4v) is 1.22. The number of hydrogen-bond donors (Lipinski definition) is 1. The van der Waals surface area contributed by atoms with E-state index in [0.29, 0.717) is 0 Å². The van der Waals surface area contributed by atoms with Gasteiger partial charge in [0.25, 0.3) is 4.55 Å². The van der Waals surface area contributed by atoms with Gasteiger partial charge in [0.05, 0.1) is 0 Å². The van der Waals surface area contributed by atoms with E-state index < -0.39 is 0 Å². The Morgan fingerprint density at radius 2 is 1.67 bits per heavy atom. The van der Waals surface area contributed by atoms with Crippen LogP contribution < -0.4 is 0 Å². The van der Waals surface area contributed by atoms with Gasteiger partial charge in [-0.15, -0.1) is 12.4 Å². The molecular formula is C6H16ClMgO+2. The SMILES string of the molecule is CC(C)C[CH2][Mg+2].CO.Cl. The molecule has 0 aromatic heterocycles. The summed E-state index contributed by atoms with van der Waals surface area (Å²) in [6, 6.07) is 0. The Hall–Kier alpha value is 1.02. The maximum Gasteiger partial charge on any atom is 1.41 e. The second-order valence-corrected chi connectivity index (χ2v) is 2.74. The fourth-order valence-electron chi connectivity index (χ4n) is 0.408. The molecule has 53 valence electrons. The second kappa shape index (κ2) is 16.0. The van der Waals surface area contributed by atoms with Crippen molar-refractivity contribution in [2.24, 2.45) is 5.92 Å². The van der Waals surface area contributed by atoms with Gasteiger partial charge in [0.1, 0.15) is 0 Å². The third-order valence-electron chi connectivity index (χ3n) is 0.781. The number of halogens is 1. The highest BCUT2D eigenvalue weighted by atomic mass is 35.5. The molecule has 0 aromatic rings. The lowest BCUT2D eigenvalue weighted by atomic mass is 10.2. The van der Waals surface area contributed by atoms with E-state index in [1.807, 2.05) is 0 Å². The van der Waals surface area contributed by atoms with Crippen LogP contribution in [-0.4, -0.2) is 33.9 Å². The highest BCUT2D eigenvalue weighted by Gasteiger charge is 2.21. The topological polar surface area (TPSA) is 20.2 Å². The van der Waals surface area contributed by atoms with E-state index in [-0.39, 0.29) is 12.4 Å². The lowest BCUT2D eigenvalue weighted by Gasteiger charge is -1.88. The monoisotopic (exact) mass is 163 g/mol. The van der Waals surface area contributed by atoms with Crippen molar-refractivity contribution in [2.75, 3.05) is 7.11 Å². The van der Waals surface area contributed by atoms with Crippen LogP contribution in [0.3, 0.4) is 0 Å². The van der Waals surface area contributed by atoms with E-state index in [9.17, 15) is 0 Å². The molecule has 9 heavy (non-hydrogen) atoms. The Kier molecular flexibility index (Phi) is 29.4. The molecule has 0 aromatic carbocycles. The zero-order valence-electron chi connectivity index (χ0n) is 6.55. The molecule has 0 heterocycles. The minimum absolute atomic E-state index is 0. The Bertz CT molecular complexity index is 34.2. The molecule has 1 N–H and O–H groups in total. The van der Waals surface area contributed by atoms with Gasteiger partial charge in [-0.25, -0.2) is 0 Å². The minimum atomic E-state index is 0. The third-order valence-corrected chi connectivity index (χ3v) is 1.19. The van der Waals surface area contributed by atoms with Crippen LogP contribution in [0.1, 0.15) is 20.3 Å². The molecule has 0 atom stereocenters. The summed E-state index contributed by atoms with van der Waals surface area (Å²) in [5, 5.41) is 7.00. The molecule has 3 heteroatoms. The number of aliphatic hydroxyl groups excluding tert-OH is 1. The molecule has 0 saturated carbocycles. The Labute approximate surface area is 77.1 Å². The Morgan fingerprint density at radius 3 is 1.67 bits per heavy atom. The van der Waals surface area contributed by atoms with Crippen molar-refractivity contribution in [1.82, 2.24) is 0 Å². The van der Waals surface area contributed by atoms with Crippen LogP contribution in [0.4, 0.5) is 0 Å². The molecule has 1 nitrogen and oxygen atoms in total. The average molecular weight is 164 g/mol. The summed E-state index contributed by atoms with van der Waals surface area (Å²) in [7, 11) is 1.00. The van der Waals surface area contributed by atoms with Gasteiger partial charge in [0.15, 0.2) is 0 Å². The van der Waals surface area contributed by atoms with Crippen LogP contribution in [0.5, 0.6) is 0 Å². The summed E-state index contributed by atoms with van der Waals surface area (Å²) >= 11 is 2.06. The first-order valence-electron chi connectivity index (χ1n) is 3.01. The highest BCUT2D eigenvalue weighted by molar-refractivity contribution is 6.08. The summed E-state index contributed by atoms with van der Waals surface area (Å²) in [6.07, 6.45) is 1.39. The number of rotatable bonds is 2. The summed E-state index contributed by atoms with van der Waals surface area (Å²) in [5.74, 6) is 0.905. The highest BCUT2D eigenvalue weighted by Crippen LogP contribution is 1.99. The first-order valence-corrected chi connectivity index (χ1v) is 4.01. The van der Waals surface area contributed by atoms with Crippen LogP contribution in [0.15, 0.2) is 0 Å². The molecule has 0 aliphatic carbocycles. The third kappa shape index (κ3) is 27.5. The van der Waals surface area contributed by atoms with Gasteiger partial charge in [0, 0.05) is 13.5 Å². The molecular weight excluding hydrogens is 148 g/mol. The van der Waals surface area contributed by atoms with Gasteiger partial charge < -0.3 is 5.11 Å². The Balaban J connectivity index is -0.000000109. The van der Waals surface area contributed by atoms with Crippen LogP contribution in [0.2, 0.25) is 4.55 Å². The van der Waals surface area contributed by atoms with Crippen molar-refractivity contribution in [3.8, 4) is 0 Å². The molecule has 0 unspecified atom stereocenters. The molecule has 0 bridgehead atoms. The molecule has 0 amide bonds. The fraction of sp³-hybridized carbons (Fsp3) is 1.00. The van der Waals surface area contributed by atoms with Gasteiger partial charge in [-0.1, -0.05) is 13.8 Å². The van der Waals surface area contributed by atoms with E-state index in [1.165, 1.54) is 11.0 Å². The van der Waals surface area contributed by atoms with Crippen LogP contribution in [-0.2, 0) is 0 Å². The smallest absolute Gasteiger partial charge is 0.400 e. The predicted molar refractivity (Wildman–Crippen MR) is 45.4 cm³/mol. The maximum atomic E-state index is 7.00. The quantitative estimate of drug-likeness (QED) is 0.615. The van der Waals surface area contributed by atoms with Crippen molar-refractivity contribution >= 4 is 34.1 Å². The van der Waals surface area contributed by atoms with Crippen LogP contribution in [0, 0.1) is 5.92 Å². The van der Waals surface area contributed by atoms with Crippen molar-refractivity contribution < 1.29 is 5.11 Å². The van der Waals surface area contributed by atoms with Crippen LogP contribution >= 0.6 is 12.4 Å². The molecule has 0 rings (SSSR count). The lowest BCUT2D eigenvalue weighted by molar-refractivity contribution is 0.399. The summed E-state index contributed by atoms with van der Waals surface area (Å²) in [4.78, 5) is 0. The van der Waals surface area contributed by atoms with Gasteiger partial charge in [-0.05, 0) is 5.92 Å². The van der Waals surface area contributed by atoms with E-state index in [1.54, 1.807) is 0 Å². The van der Waals surface area contributed by atoms with E-state index in [0.717, 1.165) is 13.0 Å². The van der Waals surface area contributed by atoms with Gasteiger partial charge in [0.2, 0.25) is 0 Å². The molecule has 0 fully saturated rings. The summed E-state index contributed by atoms with van der Waals surface area (Å²) in [5.41, 5.74) is 0. The van der Waals surface area contributed by atoms with E-state index in [4.69, 9.17) is 5.11 Å². The minimum Gasteiger partial charge on any atom is -0.400 e. The largest absolute Gasteiger partial charge is 1.41 e. The van der Waals surface area contributed by atoms with Crippen molar-refractivity contribution in [3.63, 3.8) is 0 Å². The van der Waals surface area contributed by atoms with Gasteiger partial charge in [-0.3, -0.25) is 0 Å². The van der Waals surface area contributed by atoms with Crippen LogP contribution in [0.25, 0.3) is 0 Å². The first kappa shape index (κ1) is 16.5. The second-order valence-electron chi connectivity index (χ2n) is 2.04. The molecule has 0 aliphatic heterocycles. The molecule has 0 saturated heterocycles. The zero-order chi connectivity index (χ0) is 6.99. The number of aliphatic hydroxyl groups is 1. The first-order chi connectivity index (χ1) is 3.77. The van der Waals surface area contributed by atoms with E-state index >= 15 is 0 Å². The average Bonchev–Trinajstić information content (AvgIpc) is 1.72. The van der Waals surface area contributed by atoms with E-state index in [2.05, 4.69) is 35.6 Å². The summed E-state index contributed by atoms with van der Waals surface area (Å²) in [6.45, 7) is 4.52. The lowest BCUT2D eigenvalue weighted by Crippen LogP contribution is -1.83. The standard InChI is InChI=1S/C5H11.CH4O.ClH.Mg/c1-4-5(2)3;1-2;;/h5H,1,4H2,2-3H3;2H,1H3;1H;/q;;;+2. The molecule has 0 spiro atoms. The normalized spacial score (nSPS) is 7.33. The van der Waals surface area contributed by atoms with Crippen molar-refractivity contribution in [3.05, 3.63) is 0 Å². The van der Waals surface area contributed by atoms with Gasteiger partial charge >= 0.3 is 21.7 Å². The van der Waals surface area contributed by atoms with Crippen molar-refractivity contribution in [1.29, 1.82) is 0 Å². The predicted octanol–water partition coefficient (Wildman–Crippen LogP) is 1.65. The number of hydrogen-bond acceptors (Lipinski definition) is 1. The molecule has 0 aliphatic rings. The van der Waals surface area contributed by atoms with Gasteiger partial charge in [-0.2, -0.15) is 0 Å².